The largest absolute Gasteiger partial charge is 0.454 e. The Balaban J connectivity index is 2.58. The van der Waals surface area contributed by atoms with Gasteiger partial charge in [0.15, 0.2) is 11.5 Å². The number of aryl methyl sites for hydroxylation is 1. The average Bonchev–Trinajstić information content (AvgIpc) is 2.50. The van der Waals surface area contributed by atoms with E-state index < -0.39 is 0 Å². The van der Waals surface area contributed by atoms with Crippen LogP contribution >= 0.6 is 0 Å². The molecule has 3 heteroatoms. The van der Waals surface area contributed by atoms with Crippen LogP contribution in [0.1, 0.15) is 24.1 Å². The van der Waals surface area contributed by atoms with E-state index in [0.29, 0.717) is 6.79 Å². The van der Waals surface area contributed by atoms with E-state index in [-0.39, 0.29) is 6.04 Å². The van der Waals surface area contributed by atoms with Crippen LogP contribution in [0.4, 0.5) is 0 Å². The molecule has 0 radical (unpaired) electrons. The highest BCUT2D eigenvalue weighted by Crippen LogP contribution is 2.39. The van der Waals surface area contributed by atoms with E-state index >= 15 is 0 Å². The van der Waals surface area contributed by atoms with Gasteiger partial charge in [0.05, 0.1) is 0 Å². The van der Waals surface area contributed by atoms with Gasteiger partial charge in [-0.1, -0.05) is 6.07 Å². The summed E-state index contributed by atoms with van der Waals surface area (Å²) in [4.78, 5) is 0. The van der Waals surface area contributed by atoms with Crippen LogP contribution in [0.5, 0.6) is 11.5 Å². The maximum Gasteiger partial charge on any atom is 0.231 e. The van der Waals surface area contributed by atoms with Crippen molar-refractivity contribution in [2.75, 3.05) is 6.79 Å². The fourth-order valence-corrected chi connectivity index (χ4v) is 1.66. The number of hydrogen-bond acceptors (Lipinski definition) is 3. The Morgan fingerprint density at radius 1 is 1.38 bits per heavy atom. The molecule has 1 aromatic rings. The molecule has 2 N–H and O–H groups in total. The first-order chi connectivity index (χ1) is 6.20. The maximum atomic E-state index is 5.85. The molecule has 2 rings (SSSR count). The first kappa shape index (κ1) is 8.38. The lowest BCUT2D eigenvalue weighted by molar-refractivity contribution is 0.173. The molecule has 3 nitrogen and oxygen atoms in total. The van der Waals surface area contributed by atoms with Crippen LogP contribution in [-0.2, 0) is 0 Å². The van der Waals surface area contributed by atoms with Gasteiger partial charge in [-0.05, 0) is 25.5 Å². The molecular formula is C10H13NO2. The molecule has 0 saturated heterocycles. The Hall–Kier alpha value is -1.22. The smallest absolute Gasteiger partial charge is 0.231 e. The first-order valence-corrected chi connectivity index (χ1v) is 4.35. The minimum absolute atomic E-state index is 0.0170. The molecule has 0 aromatic heterocycles. The SMILES string of the molecule is Cc1ccc2c(c1C(C)N)OCO2. The number of benzene rings is 1. The summed E-state index contributed by atoms with van der Waals surface area (Å²) in [5.41, 5.74) is 8.06. The Kier molecular flexibility index (Phi) is 1.88. The maximum absolute atomic E-state index is 5.85. The lowest BCUT2D eigenvalue weighted by Crippen LogP contribution is -2.08. The second kappa shape index (κ2) is 2.92. The van der Waals surface area contributed by atoms with Crippen LogP contribution < -0.4 is 15.2 Å². The molecule has 0 amide bonds. The van der Waals surface area contributed by atoms with E-state index in [0.717, 1.165) is 22.6 Å². The quantitative estimate of drug-likeness (QED) is 0.714. The van der Waals surface area contributed by atoms with E-state index in [2.05, 4.69) is 0 Å². The fraction of sp³-hybridized carbons (Fsp3) is 0.400. The van der Waals surface area contributed by atoms with Crippen LogP contribution in [-0.4, -0.2) is 6.79 Å². The lowest BCUT2D eigenvalue weighted by atomic mass is 10.0. The molecule has 70 valence electrons. The molecule has 0 fully saturated rings. The number of ether oxygens (including phenoxy) is 2. The molecule has 1 atom stereocenters. The van der Waals surface area contributed by atoms with E-state index in [1.54, 1.807) is 0 Å². The summed E-state index contributed by atoms with van der Waals surface area (Å²) in [6.07, 6.45) is 0. The third kappa shape index (κ3) is 1.25. The zero-order chi connectivity index (χ0) is 9.42. The van der Waals surface area contributed by atoms with Gasteiger partial charge >= 0.3 is 0 Å². The summed E-state index contributed by atoms with van der Waals surface area (Å²) < 4.78 is 10.6. The van der Waals surface area contributed by atoms with E-state index in [1.165, 1.54) is 0 Å². The first-order valence-electron chi connectivity index (χ1n) is 4.35. The topological polar surface area (TPSA) is 44.5 Å². The fourth-order valence-electron chi connectivity index (χ4n) is 1.66. The molecule has 1 unspecified atom stereocenters. The van der Waals surface area contributed by atoms with Gasteiger partial charge in [0.25, 0.3) is 0 Å². The van der Waals surface area contributed by atoms with E-state index in [9.17, 15) is 0 Å². The molecular weight excluding hydrogens is 166 g/mol. The van der Waals surface area contributed by atoms with Crippen molar-refractivity contribution in [3.05, 3.63) is 23.3 Å². The van der Waals surface area contributed by atoms with Crippen molar-refractivity contribution < 1.29 is 9.47 Å². The van der Waals surface area contributed by atoms with Gasteiger partial charge in [0.2, 0.25) is 6.79 Å². The van der Waals surface area contributed by atoms with Crippen molar-refractivity contribution in [3.8, 4) is 11.5 Å². The molecule has 1 aromatic carbocycles. The predicted molar refractivity (Wildman–Crippen MR) is 49.9 cm³/mol. The van der Waals surface area contributed by atoms with Crippen LogP contribution in [0, 0.1) is 6.92 Å². The second-order valence-corrected chi connectivity index (χ2v) is 3.32. The number of nitrogens with two attached hydrogens (primary N) is 1. The standard InChI is InChI=1S/C10H13NO2/c1-6-3-4-8-10(13-5-12-8)9(6)7(2)11/h3-4,7H,5,11H2,1-2H3. The van der Waals surface area contributed by atoms with Crippen LogP contribution in [0.3, 0.4) is 0 Å². The molecule has 1 heterocycles. The summed E-state index contributed by atoms with van der Waals surface area (Å²) in [5.74, 6) is 1.62. The number of fused-ring (bicyclic) bond motifs is 1. The molecule has 1 aliphatic rings. The Bertz CT molecular complexity index is 334. The van der Waals surface area contributed by atoms with Gasteiger partial charge in [-0.2, -0.15) is 0 Å². The highest BCUT2D eigenvalue weighted by atomic mass is 16.7. The van der Waals surface area contributed by atoms with Gasteiger partial charge in [-0.15, -0.1) is 0 Å². The van der Waals surface area contributed by atoms with Gasteiger partial charge in [-0.25, -0.2) is 0 Å². The summed E-state index contributed by atoms with van der Waals surface area (Å²) in [6, 6.07) is 3.91. The Morgan fingerprint density at radius 2 is 2.15 bits per heavy atom. The van der Waals surface area contributed by atoms with Crippen molar-refractivity contribution in [3.63, 3.8) is 0 Å². The van der Waals surface area contributed by atoms with Gasteiger partial charge in [0.1, 0.15) is 0 Å². The Morgan fingerprint density at radius 3 is 2.85 bits per heavy atom. The van der Waals surface area contributed by atoms with Crippen LogP contribution in [0.2, 0.25) is 0 Å². The normalized spacial score (nSPS) is 15.9. The molecule has 0 saturated carbocycles. The number of rotatable bonds is 1. The van der Waals surface area contributed by atoms with Crippen molar-refractivity contribution in [1.29, 1.82) is 0 Å². The lowest BCUT2D eigenvalue weighted by Gasteiger charge is -2.12. The summed E-state index contributed by atoms with van der Waals surface area (Å²) in [6.45, 7) is 4.28. The monoisotopic (exact) mass is 179 g/mol. The van der Waals surface area contributed by atoms with Crippen molar-refractivity contribution in [1.82, 2.24) is 0 Å². The van der Waals surface area contributed by atoms with Crippen LogP contribution in [0.25, 0.3) is 0 Å². The van der Waals surface area contributed by atoms with Crippen molar-refractivity contribution >= 4 is 0 Å². The highest BCUT2D eigenvalue weighted by molar-refractivity contribution is 5.52. The predicted octanol–water partition coefficient (Wildman–Crippen LogP) is 1.74. The molecule has 13 heavy (non-hydrogen) atoms. The van der Waals surface area contributed by atoms with Gasteiger partial charge in [0, 0.05) is 11.6 Å². The summed E-state index contributed by atoms with van der Waals surface area (Å²) in [5, 5.41) is 0. The third-order valence-electron chi connectivity index (χ3n) is 2.25. The molecule has 1 aliphatic heterocycles. The minimum Gasteiger partial charge on any atom is -0.454 e. The van der Waals surface area contributed by atoms with Gasteiger partial charge < -0.3 is 15.2 Å². The van der Waals surface area contributed by atoms with E-state index in [1.807, 2.05) is 26.0 Å². The highest BCUT2D eigenvalue weighted by Gasteiger charge is 2.21. The molecule has 0 aliphatic carbocycles. The molecule has 0 bridgehead atoms. The van der Waals surface area contributed by atoms with Crippen LogP contribution in [0.15, 0.2) is 12.1 Å². The minimum atomic E-state index is -0.0170. The second-order valence-electron chi connectivity index (χ2n) is 3.32. The van der Waals surface area contributed by atoms with Crippen molar-refractivity contribution in [2.24, 2.45) is 5.73 Å². The average molecular weight is 179 g/mol. The van der Waals surface area contributed by atoms with Crippen molar-refractivity contribution in [2.45, 2.75) is 19.9 Å². The Labute approximate surface area is 77.5 Å². The molecule has 0 spiro atoms. The van der Waals surface area contributed by atoms with E-state index in [4.69, 9.17) is 15.2 Å². The zero-order valence-electron chi connectivity index (χ0n) is 7.83. The third-order valence-corrected chi connectivity index (χ3v) is 2.25. The summed E-state index contributed by atoms with van der Waals surface area (Å²) in [7, 11) is 0. The summed E-state index contributed by atoms with van der Waals surface area (Å²) >= 11 is 0. The number of hydrogen-bond donors (Lipinski definition) is 1. The van der Waals surface area contributed by atoms with Gasteiger partial charge in [-0.3, -0.25) is 0 Å². The zero-order valence-corrected chi connectivity index (χ0v) is 7.83.